The van der Waals surface area contributed by atoms with Gasteiger partial charge >= 0.3 is 0 Å². The van der Waals surface area contributed by atoms with E-state index in [1.54, 1.807) is 12.1 Å². The molecule has 0 saturated carbocycles. The van der Waals surface area contributed by atoms with Crippen molar-refractivity contribution in [1.29, 1.82) is 0 Å². The van der Waals surface area contributed by atoms with Gasteiger partial charge in [0.25, 0.3) is 0 Å². The lowest BCUT2D eigenvalue weighted by Gasteiger charge is -2.18. The standard InChI is InChI=1S/C20H24FNO2/c1-15(2)24-13-12-22-20(23)19(14-16-6-4-3-5-7-16)17-8-10-18(21)11-9-17/h3-11,15,19H,12-14H2,1-2H3,(H,22,23). The van der Waals surface area contributed by atoms with E-state index in [9.17, 15) is 9.18 Å². The van der Waals surface area contributed by atoms with Crippen LogP contribution in [-0.2, 0) is 16.0 Å². The molecule has 3 nitrogen and oxygen atoms in total. The van der Waals surface area contributed by atoms with Crippen molar-refractivity contribution in [3.8, 4) is 0 Å². The maximum absolute atomic E-state index is 13.2. The summed E-state index contributed by atoms with van der Waals surface area (Å²) in [5, 5.41) is 2.91. The molecular weight excluding hydrogens is 305 g/mol. The minimum absolute atomic E-state index is 0.0715. The molecule has 4 heteroatoms. The highest BCUT2D eigenvalue weighted by molar-refractivity contribution is 5.84. The van der Waals surface area contributed by atoms with Crippen molar-refractivity contribution in [2.45, 2.75) is 32.3 Å². The molecule has 0 spiro atoms. The Morgan fingerprint density at radius 1 is 1.08 bits per heavy atom. The molecule has 1 amide bonds. The van der Waals surface area contributed by atoms with Gasteiger partial charge in [0, 0.05) is 6.54 Å². The summed E-state index contributed by atoms with van der Waals surface area (Å²) < 4.78 is 18.6. The van der Waals surface area contributed by atoms with Crippen LogP contribution in [0.1, 0.15) is 30.9 Å². The molecule has 24 heavy (non-hydrogen) atoms. The molecule has 128 valence electrons. The van der Waals surface area contributed by atoms with Crippen LogP contribution in [0.5, 0.6) is 0 Å². The summed E-state index contributed by atoms with van der Waals surface area (Å²) >= 11 is 0. The number of halogens is 1. The van der Waals surface area contributed by atoms with Crippen molar-refractivity contribution in [3.63, 3.8) is 0 Å². The summed E-state index contributed by atoms with van der Waals surface area (Å²) in [4.78, 5) is 12.6. The van der Waals surface area contributed by atoms with Crippen LogP contribution in [-0.4, -0.2) is 25.2 Å². The van der Waals surface area contributed by atoms with Gasteiger partial charge in [-0.3, -0.25) is 4.79 Å². The van der Waals surface area contributed by atoms with Crippen LogP contribution in [0.15, 0.2) is 54.6 Å². The Morgan fingerprint density at radius 3 is 2.38 bits per heavy atom. The number of hydrogen-bond donors (Lipinski definition) is 1. The number of amides is 1. The van der Waals surface area contributed by atoms with E-state index in [1.807, 2.05) is 44.2 Å². The predicted octanol–water partition coefficient (Wildman–Crippen LogP) is 3.69. The largest absolute Gasteiger partial charge is 0.377 e. The van der Waals surface area contributed by atoms with E-state index >= 15 is 0 Å². The highest BCUT2D eigenvalue weighted by Crippen LogP contribution is 2.21. The Balaban J connectivity index is 2.07. The Bertz CT molecular complexity index is 626. The number of benzene rings is 2. The molecule has 1 N–H and O–H groups in total. The van der Waals surface area contributed by atoms with Gasteiger partial charge in [0.1, 0.15) is 5.82 Å². The van der Waals surface area contributed by atoms with E-state index < -0.39 is 0 Å². The van der Waals surface area contributed by atoms with Gasteiger partial charge in [-0.15, -0.1) is 0 Å². The first kappa shape index (κ1) is 18.1. The van der Waals surface area contributed by atoms with Crippen molar-refractivity contribution in [1.82, 2.24) is 5.32 Å². The van der Waals surface area contributed by atoms with Gasteiger partial charge in [0.2, 0.25) is 5.91 Å². The molecule has 1 unspecified atom stereocenters. The average Bonchev–Trinajstić information content (AvgIpc) is 2.58. The maximum Gasteiger partial charge on any atom is 0.227 e. The summed E-state index contributed by atoms with van der Waals surface area (Å²) in [7, 11) is 0. The summed E-state index contributed by atoms with van der Waals surface area (Å²) in [6.07, 6.45) is 0.711. The molecule has 0 fully saturated rings. The van der Waals surface area contributed by atoms with Crippen LogP contribution in [0.25, 0.3) is 0 Å². The van der Waals surface area contributed by atoms with E-state index in [0.29, 0.717) is 19.6 Å². The van der Waals surface area contributed by atoms with Gasteiger partial charge in [-0.1, -0.05) is 42.5 Å². The van der Waals surface area contributed by atoms with Crippen LogP contribution in [0.2, 0.25) is 0 Å². The zero-order valence-corrected chi connectivity index (χ0v) is 14.2. The van der Waals surface area contributed by atoms with Crippen molar-refractivity contribution >= 4 is 5.91 Å². The maximum atomic E-state index is 13.2. The van der Waals surface area contributed by atoms with E-state index in [2.05, 4.69) is 5.32 Å². The topological polar surface area (TPSA) is 38.3 Å². The molecular formula is C20H24FNO2. The summed E-state index contributed by atoms with van der Waals surface area (Å²) in [6.45, 7) is 4.85. The number of carbonyl (C=O) groups excluding carboxylic acids is 1. The van der Waals surface area contributed by atoms with E-state index in [1.165, 1.54) is 12.1 Å². The molecule has 0 aliphatic rings. The molecule has 0 aromatic heterocycles. The summed E-state index contributed by atoms with van der Waals surface area (Å²) in [5.41, 5.74) is 1.88. The van der Waals surface area contributed by atoms with Gasteiger partial charge in [-0.05, 0) is 43.5 Å². The molecule has 0 heterocycles. The van der Waals surface area contributed by atoms with Crippen molar-refractivity contribution in [3.05, 3.63) is 71.5 Å². The minimum atomic E-state index is -0.355. The van der Waals surface area contributed by atoms with Crippen LogP contribution < -0.4 is 5.32 Å². The Hall–Kier alpha value is -2.20. The lowest BCUT2D eigenvalue weighted by Crippen LogP contribution is -2.33. The molecule has 2 aromatic rings. The number of carbonyl (C=O) groups is 1. The zero-order chi connectivity index (χ0) is 17.4. The fourth-order valence-corrected chi connectivity index (χ4v) is 2.50. The van der Waals surface area contributed by atoms with Crippen LogP contribution >= 0.6 is 0 Å². The molecule has 2 rings (SSSR count). The smallest absolute Gasteiger partial charge is 0.227 e. The van der Waals surface area contributed by atoms with Crippen LogP contribution in [0.4, 0.5) is 4.39 Å². The quantitative estimate of drug-likeness (QED) is 0.750. The van der Waals surface area contributed by atoms with Gasteiger partial charge in [-0.25, -0.2) is 4.39 Å². The molecule has 0 aliphatic heterocycles. The van der Waals surface area contributed by atoms with Gasteiger partial charge in [0.05, 0.1) is 18.6 Å². The van der Waals surface area contributed by atoms with E-state index in [4.69, 9.17) is 4.74 Å². The summed E-state index contributed by atoms with van der Waals surface area (Å²) in [6, 6.07) is 16.0. The third-order valence-corrected chi connectivity index (χ3v) is 3.72. The van der Waals surface area contributed by atoms with E-state index in [-0.39, 0.29) is 23.7 Å². The first-order valence-electron chi connectivity index (χ1n) is 8.25. The second kappa shape index (κ2) is 9.18. The van der Waals surface area contributed by atoms with E-state index in [0.717, 1.165) is 11.1 Å². The highest BCUT2D eigenvalue weighted by Gasteiger charge is 2.21. The minimum Gasteiger partial charge on any atom is -0.377 e. The number of rotatable bonds is 8. The number of nitrogens with one attached hydrogen (secondary N) is 1. The summed E-state index contributed by atoms with van der Waals surface area (Å²) in [5.74, 6) is -0.729. The van der Waals surface area contributed by atoms with Crippen molar-refractivity contribution in [2.75, 3.05) is 13.2 Å². The molecule has 0 bridgehead atoms. The zero-order valence-electron chi connectivity index (χ0n) is 14.2. The molecule has 0 saturated heterocycles. The SMILES string of the molecule is CC(C)OCCNC(=O)C(Cc1ccccc1)c1ccc(F)cc1. The van der Waals surface area contributed by atoms with Gasteiger partial charge in [0.15, 0.2) is 0 Å². The molecule has 0 radical (unpaired) electrons. The molecule has 1 atom stereocenters. The van der Waals surface area contributed by atoms with Crippen molar-refractivity contribution in [2.24, 2.45) is 0 Å². The fourth-order valence-electron chi connectivity index (χ4n) is 2.50. The first-order valence-corrected chi connectivity index (χ1v) is 8.25. The monoisotopic (exact) mass is 329 g/mol. The molecule has 0 aliphatic carbocycles. The van der Waals surface area contributed by atoms with Crippen LogP contribution in [0.3, 0.4) is 0 Å². The third-order valence-electron chi connectivity index (χ3n) is 3.72. The highest BCUT2D eigenvalue weighted by atomic mass is 19.1. The number of hydrogen-bond acceptors (Lipinski definition) is 2. The Kier molecular flexibility index (Phi) is 6.94. The lowest BCUT2D eigenvalue weighted by atomic mass is 9.91. The van der Waals surface area contributed by atoms with Crippen molar-refractivity contribution < 1.29 is 13.9 Å². The van der Waals surface area contributed by atoms with Crippen LogP contribution in [0, 0.1) is 5.82 Å². The second-order valence-electron chi connectivity index (χ2n) is 6.00. The predicted molar refractivity (Wildman–Crippen MR) is 93.4 cm³/mol. The first-order chi connectivity index (χ1) is 11.6. The average molecular weight is 329 g/mol. The molecule has 2 aromatic carbocycles. The number of ether oxygens (including phenoxy) is 1. The lowest BCUT2D eigenvalue weighted by molar-refractivity contribution is -0.122. The third kappa shape index (κ3) is 5.78. The van der Waals surface area contributed by atoms with Gasteiger partial charge in [-0.2, -0.15) is 0 Å². The normalized spacial score (nSPS) is 12.2. The Morgan fingerprint density at radius 2 is 1.75 bits per heavy atom. The fraction of sp³-hybridized carbons (Fsp3) is 0.350. The Labute approximate surface area is 142 Å². The van der Waals surface area contributed by atoms with Gasteiger partial charge < -0.3 is 10.1 Å². The second-order valence-corrected chi connectivity index (χ2v) is 6.00.